The molecule has 6 nitrogen and oxygen atoms in total. The van der Waals surface area contributed by atoms with E-state index in [1.807, 2.05) is 6.92 Å². The summed E-state index contributed by atoms with van der Waals surface area (Å²) < 4.78 is 32.5. The molecule has 1 N–H and O–H groups in total. The molecule has 0 aliphatic rings. The standard InChI is InChI=1S/C12H12BrN3O3S/c1-2-19-12-4-3-10(7-15-12)16-20(17,18)11-5-9(13)6-14-8-11/h3-8,16H,2H2,1H3. The fourth-order valence-corrected chi connectivity index (χ4v) is 2.97. The number of hydrogen-bond donors (Lipinski definition) is 1. The van der Waals surface area contributed by atoms with Crippen LogP contribution >= 0.6 is 15.9 Å². The smallest absolute Gasteiger partial charge is 0.263 e. The van der Waals surface area contributed by atoms with Crippen LogP contribution in [-0.4, -0.2) is 25.0 Å². The Bertz CT molecular complexity index is 689. The molecule has 20 heavy (non-hydrogen) atoms. The van der Waals surface area contributed by atoms with Gasteiger partial charge in [0.1, 0.15) is 4.90 Å². The van der Waals surface area contributed by atoms with Gasteiger partial charge >= 0.3 is 0 Å². The van der Waals surface area contributed by atoms with Crippen LogP contribution in [0.3, 0.4) is 0 Å². The zero-order chi connectivity index (χ0) is 14.6. The van der Waals surface area contributed by atoms with Crippen molar-refractivity contribution >= 4 is 31.6 Å². The molecular weight excluding hydrogens is 346 g/mol. The minimum atomic E-state index is -3.68. The topological polar surface area (TPSA) is 81.2 Å². The van der Waals surface area contributed by atoms with Crippen LogP contribution < -0.4 is 9.46 Å². The predicted octanol–water partition coefficient (Wildman–Crippen LogP) is 2.44. The molecule has 0 fully saturated rings. The third kappa shape index (κ3) is 3.67. The third-order valence-corrected chi connectivity index (χ3v) is 4.05. The fourth-order valence-electron chi connectivity index (χ4n) is 1.43. The molecule has 0 saturated carbocycles. The van der Waals surface area contributed by atoms with Gasteiger partial charge in [0.25, 0.3) is 10.0 Å². The average molecular weight is 358 g/mol. The van der Waals surface area contributed by atoms with E-state index in [4.69, 9.17) is 4.74 Å². The monoisotopic (exact) mass is 357 g/mol. The lowest BCUT2D eigenvalue weighted by molar-refractivity contribution is 0.327. The van der Waals surface area contributed by atoms with E-state index in [9.17, 15) is 8.42 Å². The Morgan fingerprint density at radius 1 is 1.30 bits per heavy atom. The maximum Gasteiger partial charge on any atom is 0.263 e. The molecule has 106 valence electrons. The van der Waals surface area contributed by atoms with Crippen molar-refractivity contribution in [3.63, 3.8) is 0 Å². The van der Waals surface area contributed by atoms with Crippen LogP contribution in [-0.2, 0) is 10.0 Å². The maximum absolute atomic E-state index is 12.1. The summed E-state index contributed by atoms with van der Waals surface area (Å²) in [5.41, 5.74) is 0.355. The van der Waals surface area contributed by atoms with E-state index in [-0.39, 0.29) is 4.90 Å². The summed E-state index contributed by atoms with van der Waals surface area (Å²) in [7, 11) is -3.68. The Hall–Kier alpha value is -1.67. The molecule has 0 amide bonds. The Kier molecular flexibility index (Phi) is 4.56. The molecule has 0 aliphatic heterocycles. The summed E-state index contributed by atoms with van der Waals surface area (Å²) in [5, 5.41) is 0. The van der Waals surface area contributed by atoms with Crippen molar-refractivity contribution in [2.45, 2.75) is 11.8 Å². The summed E-state index contributed by atoms with van der Waals surface area (Å²) in [6.07, 6.45) is 4.18. The van der Waals surface area contributed by atoms with Crippen LogP contribution in [0.25, 0.3) is 0 Å². The van der Waals surface area contributed by atoms with Crippen LogP contribution in [0.1, 0.15) is 6.92 Å². The van der Waals surface area contributed by atoms with Gasteiger partial charge in [-0.3, -0.25) is 9.71 Å². The van der Waals surface area contributed by atoms with Gasteiger partial charge in [0.05, 0.1) is 18.5 Å². The second-order valence-electron chi connectivity index (χ2n) is 3.76. The SMILES string of the molecule is CCOc1ccc(NS(=O)(=O)c2cncc(Br)c2)cn1. The maximum atomic E-state index is 12.1. The Morgan fingerprint density at radius 3 is 2.70 bits per heavy atom. The highest BCUT2D eigenvalue weighted by Gasteiger charge is 2.15. The Balaban J connectivity index is 2.20. The first-order valence-electron chi connectivity index (χ1n) is 5.73. The molecule has 0 aliphatic carbocycles. The van der Waals surface area contributed by atoms with Gasteiger partial charge in [-0.05, 0) is 35.0 Å². The largest absolute Gasteiger partial charge is 0.478 e. The highest BCUT2D eigenvalue weighted by molar-refractivity contribution is 9.10. The van der Waals surface area contributed by atoms with Crippen molar-refractivity contribution in [1.29, 1.82) is 0 Å². The first kappa shape index (κ1) is 14.7. The van der Waals surface area contributed by atoms with Gasteiger partial charge in [-0.1, -0.05) is 0 Å². The van der Waals surface area contributed by atoms with Gasteiger partial charge in [0.15, 0.2) is 0 Å². The van der Waals surface area contributed by atoms with E-state index in [0.29, 0.717) is 22.6 Å². The number of nitrogens with zero attached hydrogens (tertiary/aromatic N) is 2. The molecule has 0 radical (unpaired) electrons. The summed E-state index contributed by atoms with van der Waals surface area (Å²) in [6.45, 7) is 2.35. The van der Waals surface area contributed by atoms with Crippen molar-refractivity contribution in [2.24, 2.45) is 0 Å². The number of anilines is 1. The second kappa shape index (κ2) is 6.19. The molecule has 0 aromatic carbocycles. The third-order valence-electron chi connectivity index (χ3n) is 2.27. The molecular formula is C12H12BrN3O3S. The van der Waals surface area contributed by atoms with Gasteiger partial charge in [0, 0.05) is 22.9 Å². The van der Waals surface area contributed by atoms with Crippen LogP contribution in [0.15, 0.2) is 46.2 Å². The molecule has 2 heterocycles. The van der Waals surface area contributed by atoms with Crippen molar-refractivity contribution in [1.82, 2.24) is 9.97 Å². The van der Waals surface area contributed by atoms with Gasteiger partial charge in [0.2, 0.25) is 5.88 Å². The lowest BCUT2D eigenvalue weighted by Gasteiger charge is -2.08. The van der Waals surface area contributed by atoms with Crippen LogP contribution in [0.5, 0.6) is 5.88 Å². The fraction of sp³-hybridized carbons (Fsp3) is 0.167. The number of hydrogen-bond acceptors (Lipinski definition) is 5. The molecule has 8 heteroatoms. The highest BCUT2D eigenvalue weighted by atomic mass is 79.9. The van der Waals surface area contributed by atoms with Gasteiger partial charge in [-0.25, -0.2) is 13.4 Å². The van der Waals surface area contributed by atoms with Crippen molar-refractivity contribution in [3.05, 3.63) is 41.3 Å². The molecule has 0 bridgehead atoms. The van der Waals surface area contributed by atoms with E-state index in [0.717, 1.165) is 0 Å². The normalized spacial score (nSPS) is 11.1. The molecule has 2 rings (SSSR count). The van der Waals surface area contributed by atoms with Crippen molar-refractivity contribution < 1.29 is 13.2 Å². The quantitative estimate of drug-likeness (QED) is 0.888. The first-order valence-corrected chi connectivity index (χ1v) is 8.01. The van der Waals surface area contributed by atoms with E-state index >= 15 is 0 Å². The molecule has 2 aromatic rings. The number of ether oxygens (including phenoxy) is 1. The molecule has 0 spiro atoms. The van der Waals surface area contributed by atoms with Gasteiger partial charge in [-0.15, -0.1) is 0 Å². The first-order chi connectivity index (χ1) is 9.51. The zero-order valence-corrected chi connectivity index (χ0v) is 13.0. The lowest BCUT2D eigenvalue weighted by atomic mass is 10.4. The Labute approximate surface area is 125 Å². The van der Waals surface area contributed by atoms with Crippen LogP contribution in [0.4, 0.5) is 5.69 Å². The molecule has 0 unspecified atom stereocenters. The van der Waals surface area contributed by atoms with Gasteiger partial charge in [-0.2, -0.15) is 0 Å². The number of halogens is 1. The van der Waals surface area contributed by atoms with Crippen molar-refractivity contribution in [3.8, 4) is 5.88 Å². The minimum Gasteiger partial charge on any atom is -0.478 e. The van der Waals surface area contributed by atoms with Gasteiger partial charge < -0.3 is 4.74 Å². The highest BCUT2D eigenvalue weighted by Crippen LogP contribution is 2.19. The van der Waals surface area contributed by atoms with E-state index in [1.54, 1.807) is 12.1 Å². The lowest BCUT2D eigenvalue weighted by Crippen LogP contribution is -2.13. The zero-order valence-electron chi connectivity index (χ0n) is 10.6. The predicted molar refractivity (Wildman–Crippen MR) is 78.2 cm³/mol. The molecule has 2 aromatic heterocycles. The second-order valence-corrected chi connectivity index (χ2v) is 6.36. The number of rotatable bonds is 5. The summed E-state index contributed by atoms with van der Waals surface area (Å²) >= 11 is 3.18. The minimum absolute atomic E-state index is 0.0701. The van der Waals surface area contributed by atoms with E-state index in [2.05, 4.69) is 30.6 Å². The van der Waals surface area contributed by atoms with E-state index in [1.165, 1.54) is 24.7 Å². The van der Waals surface area contributed by atoms with Crippen LogP contribution in [0.2, 0.25) is 0 Å². The number of nitrogens with one attached hydrogen (secondary N) is 1. The summed E-state index contributed by atoms with van der Waals surface area (Å²) in [5.74, 6) is 0.444. The summed E-state index contributed by atoms with van der Waals surface area (Å²) in [4.78, 5) is 7.89. The number of aromatic nitrogens is 2. The number of pyridine rings is 2. The molecule has 0 atom stereocenters. The van der Waals surface area contributed by atoms with Crippen LogP contribution in [0, 0.1) is 0 Å². The average Bonchev–Trinajstić information content (AvgIpc) is 2.41. The van der Waals surface area contributed by atoms with E-state index < -0.39 is 10.0 Å². The molecule has 0 saturated heterocycles. The summed E-state index contributed by atoms with van der Waals surface area (Å²) in [6, 6.07) is 4.65. The Morgan fingerprint density at radius 2 is 2.10 bits per heavy atom. The van der Waals surface area contributed by atoms with Crippen molar-refractivity contribution in [2.75, 3.05) is 11.3 Å². The number of sulfonamides is 1.